The number of ether oxygens (including phenoxy) is 1. The molecule has 11 heteroatoms. The van der Waals surface area contributed by atoms with Crippen molar-refractivity contribution in [1.82, 2.24) is 10.2 Å². The number of nitrogens with one attached hydrogen (secondary N) is 1. The summed E-state index contributed by atoms with van der Waals surface area (Å²) >= 11 is 12.5. The number of hydrogen-bond acceptors (Lipinski definition) is 5. The van der Waals surface area contributed by atoms with Crippen LogP contribution in [-0.2, 0) is 32.6 Å². The van der Waals surface area contributed by atoms with E-state index >= 15 is 0 Å². The Labute approximate surface area is 265 Å². The first-order valence-corrected chi connectivity index (χ1v) is 16.7. The lowest BCUT2D eigenvalue weighted by Gasteiger charge is -2.32. The molecule has 2 amide bonds. The van der Waals surface area contributed by atoms with Gasteiger partial charge in [0.25, 0.3) is 0 Å². The van der Waals surface area contributed by atoms with Crippen LogP contribution in [0.3, 0.4) is 0 Å². The third-order valence-corrected chi connectivity index (χ3v) is 8.50. The number of benzene rings is 3. The summed E-state index contributed by atoms with van der Waals surface area (Å²) in [6, 6.07) is 20.6. The molecule has 0 aliphatic heterocycles. The Bertz CT molecular complexity index is 1490. The molecule has 0 spiro atoms. The molecule has 1 atom stereocenters. The second kappa shape index (κ2) is 16.0. The van der Waals surface area contributed by atoms with Crippen molar-refractivity contribution < 1.29 is 22.7 Å². The fourth-order valence-electron chi connectivity index (χ4n) is 4.62. The number of nitrogens with zero attached hydrogens (tertiary/aromatic N) is 2. The predicted molar refractivity (Wildman–Crippen MR) is 173 cm³/mol. The number of carbonyl (C=O) groups excluding carboxylic acids is 2. The van der Waals surface area contributed by atoms with Crippen molar-refractivity contribution >= 4 is 50.7 Å². The molecule has 0 heterocycles. The van der Waals surface area contributed by atoms with Gasteiger partial charge in [0.2, 0.25) is 21.8 Å². The maximum Gasteiger partial charge on any atom is 0.243 e. The lowest BCUT2D eigenvalue weighted by atomic mass is 10.0. The fourth-order valence-corrected chi connectivity index (χ4v) is 6.04. The molecule has 0 radical (unpaired) electrons. The zero-order valence-corrected chi connectivity index (χ0v) is 27.3. The van der Waals surface area contributed by atoms with Crippen LogP contribution in [0.1, 0.15) is 37.8 Å². The van der Waals surface area contributed by atoms with Gasteiger partial charge in [-0.1, -0.05) is 79.5 Å². The van der Waals surface area contributed by atoms with E-state index in [0.717, 1.165) is 17.4 Å². The van der Waals surface area contributed by atoms with Crippen LogP contribution in [0.4, 0.5) is 5.69 Å². The molecule has 3 aromatic carbocycles. The minimum Gasteiger partial charge on any atom is -0.495 e. The number of anilines is 1. The Morgan fingerprint density at radius 3 is 2.26 bits per heavy atom. The highest BCUT2D eigenvalue weighted by atomic mass is 35.5. The Hall–Kier alpha value is -3.27. The lowest BCUT2D eigenvalue weighted by Crippen LogP contribution is -2.51. The summed E-state index contributed by atoms with van der Waals surface area (Å²) < 4.78 is 31.8. The maximum atomic E-state index is 13.9. The monoisotopic (exact) mass is 647 g/mol. The van der Waals surface area contributed by atoms with Crippen molar-refractivity contribution in [1.29, 1.82) is 0 Å². The van der Waals surface area contributed by atoms with E-state index < -0.39 is 16.1 Å². The standard InChI is InChI=1S/C32H39Cl2N3O5S/c1-23(2)21-35-32(39)29(19-24-10-6-5-7-11-24)36(22-25-12-8-13-26(33)18-25)31(38)14-9-17-37(43(4,40)41)27-15-16-30(42-3)28(34)20-27/h5-8,10-13,15-16,18,20,23,29H,9,14,17,19,21-22H2,1-4H3,(H,35,39)/t29-/m0/s1. The molecule has 3 rings (SSSR count). The number of amides is 2. The van der Waals surface area contributed by atoms with E-state index in [4.69, 9.17) is 27.9 Å². The van der Waals surface area contributed by atoms with E-state index in [0.29, 0.717) is 29.4 Å². The fraction of sp³-hybridized carbons (Fsp3) is 0.375. The third kappa shape index (κ3) is 10.4. The number of hydrogen-bond donors (Lipinski definition) is 1. The molecular weight excluding hydrogens is 609 g/mol. The number of halogens is 2. The first-order valence-electron chi connectivity index (χ1n) is 14.1. The SMILES string of the molecule is COc1ccc(N(CCCC(=O)N(Cc2cccc(Cl)c2)[C@@H](Cc2ccccc2)C(=O)NCC(C)C)S(C)(=O)=O)cc1Cl. The summed E-state index contributed by atoms with van der Waals surface area (Å²) in [5.74, 6) is 0.123. The van der Waals surface area contributed by atoms with Crippen molar-refractivity contribution in [2.24, 2.45) is 5.92 Å². The summed E-state index contributed by atoms with van der Waals surface area (Å²) in [4.78, 5) is 29.1. The van der Waals surface area contributed by atoms with Crippen LogP contribution >= 0.6 is 23.2 Å². The first kappa shape index (κ1) is 34.2. The van der Waals surface area contributed by atoms with Gasteiger partial charge in [0.05, 0.1) is 24.1 Å². The molecule has 0 aliphatic rings. The molecule has 0 saturated carbocycles. The van der Waals surface area contributed by atoms with Gasteiger partial charge in [0.1, 0.15) is 11.8 Å². The number of rotatable bonds is 15. The van der Waals surface area contributed by atoms with E-state index in [-0.39, 0.29) is 48.7 Å². The zero-order chi connectivity index (χ0) is 31.6. The van der Waals surface area contributed by atoms with Gasteiger partial charge in [-0.25, -0.2) is 8.42 Å². The molecule has 0 saturated heterocycles. The average molecular weight is 649 g/mol. The van der Waals surface area contributed by atoms with E-state index in [1.54, 1.807) is 35.2 Å². The van der Waals surface area contributed by atoms with Crippen LogP contribution in [0, 0.1) is 5.92 Å². The van der Waals surface area contributed by atoms with Crippen LogP contribution < -0.4 is 14.4 Å². The highest BCUT2D eigenvalue weighted by molar-refractivity contribution is 7.92. The number of methoxy groups -OCH3 is 1. The van der Waals surface area contributed by atoms with Crippen molar-refractivity contribution in [3.63, 3.8) is 0 Å². The summed E-state index contributed by atoms with van der Waals surface area (Å²) in [7, 11) is -2.21. The van der Waals surface area contributed by atoms with Crippen LogP contribution in [-0.4, -0.2) is 57.6 Å². The van der Waals surface area contributed by atoms with Crippen LogP contribution in [0.5, 0.6) is 5.75 Å². The molecule has 3 aromatic rings. The van der Waals surface area contributed by atoms with Gasteiger partial charge < -0.3 is 15.0 Å². The molecular formula is C32H39Cl2N3O5S. The Morgan fingerprint density at radius 1 is 0.953 bits per heavy atom. The second-order valence-corrected chi connectivity index (χ2v) is 13.5. The molecule has 0 bridgehead atoms. The highest BCUT2D eigenvalue weighted by Gasteiger charge is 2.30. The molecule has 8 nitrogen and oxygen atoms in total. The normalized spacial score (nSPS) is 12.1. The van der Waals surface area contributed by atoms with Gasteiger partial charge in [0, 0.05) is 37.5 Å². The zero-order valence-electron chi connectivity index (χ0n) is 24.9. The van der Waals surface area contributed by atoms with Crippen LogP contribution in [0.25, 0.3) is 0 Å². The third-order valence-electron chi connectivity index (χ3n) is 6.77. The molecule has 0 aromatic heterocycles. The largest absolute Gasteiger partial charge is 0.495 e. The lowest BCUT2D eigenvalue weighted by molar-refractivity contribution is -0.141. The Kier molecular flexibility index (Phi) is 12.7. The van der Waals surface area contributed by atoms with Crippen LogP contribution in [0.2, 0.25) is 10.0 Å². The first-order chi connectivity index (χ1) is 20.4. The minimum absolute atomic E-state index is 0.0131. The second-order valence-electron chi connectivity index (χ2n) is 10.8. The molecule has 43 heavy (non-hydrogen) atoms. The van der Waals surface area contributed by atoms with Crippen LogP contribution in [0.15, 0.2) is 72.8 Å². The van der Waals surface area contributed by atoms with Gasteiger partial charge in [-0.05, 0) is 53.8 Å². The molecule has 232 valence electrons. The molecule has 0 fully saturated rings. The maximum absolute atomic E-state index is 13.9. The van der Waals surface area contributed by atoms with E-state index in [2.05, 4.69) is 5.32 Å². The van der Waals surface area contributed by atoms with Gasteiger partial charge >= 0.3 is 0 Å². The highest BCUT2D eigenvalue weighted by Crippen LogP contribution is 2.30. The van der Waals surface area contributed by atoms with Crippen molar-refractivity contribution in [2.45, 2.75) is 45.7 Å². The van der Waals surface area contributed by atoms with Gasteiger partial charge in [0.15, 0.2) is 0 Å². The average Bonchev–Trinajstić information content (AvgIpc) is 2.95. The summed E-state index contributed by atoms with van der Waals surface area (Å²) in [5.41, 5.74) is 2.06. The topological polar surface area (TPSA) is 96.0 Å². The molecule has 0 unspecified atom stereocenters. The van der Waals surface area contributed by atoms with Gasteiger partial charge in [-0.2, -0.15) is 0 Å². The predicted octanol–water partition coefficient (Wildman–Crippen LogP) is 5.96. The summed E-state index contributed by atoms with van der Waals surface area (Å²) in [6.45, 7) is 4.68. The number of sulfonamides is 1. The Balaban J connectivity index is 1.89. The Morgan fingerprint density at radius 2 is 1.65 bits per heavy atom. The van der Waals surface area contributed by atoms with Gasteiger partial charge in [-0.15, -0.1) is 0 Å². The van der Waals surface area contributed by atoms with E-state index in [1.165, 1.54) is 17.5 Å². The number of carbonyl (C=O) groups is 2. The van der Waals surface area contributed by atoms with Crippen molar-refractivity contribution in [3.05, 3.63) is 94.0 Å². The van der Waals surface area contributed by atoms with Crippen molar-refractivity contribution in [3.8, 4) is 5.75 Å². The quantitative estimate of drug-likeness (QED) is 0.220. The van der Waals surface area contributed by atoms with Crippen molar-refractivity contribution in [2.75, 3.05) is 30.8 Å². The minimum atomic E-state index is -3.68. The summed E-state index contributed by atoms with van der Waals surface area (Å²) in [6.07, 6.45) is 1.65. The molecule has 0 aliphatic carbocycles. The summed E-state index contributed by atoms with van der Waals surface area (Å²) in [5, 5.41) is 3.79. The smallest absolute Gasteiger partial charge is 0.243 e. The van der Waals surface area contributed by atoms with E-state index in [9.17, 15) is 18.0 Å². The molecule has 1 N–H and O–H groups in total. The van der Waals surface area contributed by atoms with E-state index in [1.807, 2.05) is 50.2 Å². The van der Waals surface area contributed by atoms with Gasteiger partial charge in [-0.3, -0.25) is 13.9 Å².